The molecule has 3 aromatic carbocycles. The zero-order valence-corrected chi connectivity index (χ0v) is 14.8. The lowest BCUT2D eigenvalue weighted by Crippen LogP contribution is -2.36. The van der Waals surface area contributed by atoms with Gasteiger partial charge in [-0.15, -0.1) is 0 Å². The fraction of sp³-hybridized carbons (Fsp3) is 0.200. The van der Waals surface area contributed by atoms with Crippen LogP contribution < -0.4 is 11.5 Å². The summed E-state index contributed by atoms with van der Waals surface area (Å²) in [5.41, 5.74) is 14.9. The molecule has 2 nitrogen and oxygen atoms in total. The number of halogens is 1. The molecule has 4 N–H and O–H groups in total. The van der Waals surface area contributed by atoms with Crippen molar-refractivity contribution in [2.45, 2.75) is 24.9 Å². The molecule has 0 saturated carbocycles. The van der Waals surface area contributed by atoms with Gasteiger partial charge in [-0.3, -0.25) is 0 Å². The van der Waals surface area contributed by atoms with E-state index in [1.807, 2.05) is 25.1 Å². The number of hydrogen-bond acceptors (Lipinski definition) is 2. The summed E-state index contributed by atoms with van der Waals surface area (Å²) in [6.45, 7) is 2.04. The van der Waals surface area contributed by atoms with Crippen LogP contribution in [0.4, 0.5) is 0 Å². The Kier molecular flexibility index (Phi) is 4.53. The SMILES string of the molecule is C[C@](N)(C[C@H](N)c1cccc2ccccc12)c1ccc(Br)cc1. The second kappa shape index (κ2) is 6.44. The lowest BCUT2D eigenvalue weighted by molar-refractivity contribution is 0.409. The summed E-state index contributed by atoms with van der Waals surface area (Å²) in [5.74, 6) is 0. The molecule has 0 amide bonds. The summed E-state index contributed by atoms with van der Waals surface area (Å²) in [5, 5.41) is 2.41. The summed E-state index contributed by atoms with van der Waals surface area (Å²) in [4.78, 5) is 0. The molecule has 0 radical (unpaired) electrons. The van der Waals surface area contributed by atoms with E-state index >= 15 is 0 Å². The summed E-state index contributed by atoms with van der Waals surface area (Å²) < 4.78 is 1.05. The van der Waals surface area contributed by atoms with E-state index in [-0.39, 0.29) is 6.04 Å². The van der Waals surface area contributed by atoms with Gasteiger partial charge in [0, 0.05) is 16.1 Å². The van der Waals surface area contributed by atoms with E-state index in [2.05, 4.69) is 64.5 Å². The second-order valence-electron chi connectivity index (χ2n) is 6.30. The van der Waals surface area contributed by atoms with Crippen LogP contribution in [0.3, 0.4) is 0 Å². The highest BCUT2D eigenvalue weighted by Crippen LogP contribution is 2.32. The lowest BCUT2D eigenvalue weighted by atomic mass is 9.84. The van der Waals surface area contributed by atoms with Crippen LogP contribution in [0.1, 0.15) is 30.5 Å². The van der Waals surface area contributed by atoms with Crippen molar-refractivity contribution in [3.63, 3.8) is 0 Å². The van der Waals surface area contributed by atoms with E-state index < -0.39 is 5.54 Å². The van der Waals surface area contributed by atoms with Crippen molar-refractivity contribution < 1.29 is 0 Å². The average molecular weight is 369 g/mol. The van der Waals surface area contributed by atoms with Crippen LogP contribution in [-0.2, 0) is 5.54 Å². The summed E-state index contributed by atoms with van der Waals surface area (Å²) in [6, 6.07) is 22.6. The molecule has 2 atom stereocenters. The summed E-state index contributed by atoms with van der Waals surface area (Å²) >= 11 is 3.46. The van der Waals surface area contributed by atoms with Gasteiger partial charge in [-0.1, -0.05) is 70.5 Å². The van der Waals surface area contributed by atoms with Crippen molar-refractivity contribution in [3.8, 4) is 0 Å². The Morgan fingerprint density at radius 3 is 2.35 bits per heavy atom. The molecule has 3 heteroatoms. The first-order chi connectivity index (χ1) is 11.0. The molecule has 0 aliphatic rings. The van der Waals surface area contributed by atoms with Crippen LogP contribution in [-0.4, -0.2) is 0 Å². The molecule has 0 aliphatic carbocycles. The smallest absolute Gasteiger partial charge is 0.0399 e. The second-order valence-corrected chi connectivity index (χ2v) is 7.22. The van der Waals surface area contributed by atoms with Crippen molar-refractivity contribution in [1.29, 1.82) is 0 Å². The third kappa shape index (κ3) is 3.47. The minimum Gasteiger partial charge on any atom is -0.324 e. The predicted molar refractivity (Wildman–Crippen MR) is 101 cm³/mol. The molecule has 0 fully saturated rings. The zero-order valence-electron chi connectivity index (χ0n) is 13.2. The van der Waals surface area contributed by atoms with Gasteiger partial charge in [0.1, 0.15) is 0 Å². The van der Waals surface area contributed by atoms with Gasteiger partial charge in [0.2, 0.25) is 0 Å². The Balaban J connectivity index is 1.90. The Morgan fingerprint density at radius 1 is 0.957 bits per heavy atom. The van der Waals surface area contributed by atoms with Gasteiger partial charge in [-0.2, -0.15) is 0 Å². The normalized spacial score (nSPS) is 15.3. The fourth-order valence-electron chi connectivity index (χ4n) is 3.09. The summed E-state index contributed by atoms with van der Waals surface area (Å²) in [7, 11) is 0. The van der Waals surface area contributed by atoms with Crippen molar-refractivity contribution in [3.05, 3.63) is 82.3 Å². The maximum absolute atomic E-state index is 6.58. The van der Waals surface area contributed by atoms with Crippen molar-refractivity contribution >= 4 is 26.7 Å². The van der Waals surface area contributed by atoms with Crippen molar-refractivity contribution in [2.24, 2.45) is 11.5 Å². The standard InChI is InChI=1S/C20H21BrN2/c1-20(23,15-9-11-16(21)12-10-15)13-19(22)18-8-4-6-14-5-2-3-7-17(14)18/h2-12,19H,13,22-23H2,1H3/t19-,20-/m0/s1. The number of benzene rings is 3. The van der Waals surface area contributed by atoms with E-state index in [0.29, 0.717) is 6.42 Å². The van der Waals surface area contributed by atoms with Crippen LogP contribution in [0.5, 0.6) is 0 Å². The Bertz CT molecular complexity index is 804. The first-order valence-electron chi connectivity index (χ1n) is 7.75. The van der Waals surface area contributed by atoms with E-state index in [0.717, 1.165) is 15.6 Å². The minimum atomic E-state index is -0.475. The highest BCUT2D eigenvalue weighted by Gasteiger charge is 2.25. The average Bonchev–Trinajstić information content (AvgIpc) is 2.54. The molecule has 0 bridgehead atoms. The Hall–Kier alpha value is -1.68. The zero-order chi connectivity index (χ0) is 16.4. The largest absolute Gasteiger partial charge is 0.324 e. The lowest BCUT2D eigenvalue weighted by Gasteiger charge is -2.29. The van der Waals surface area contributed by atoms with Gasteiger partial charge < -0.3 is 11.5 Å². The first-order valence-corrected chi connectivity index (χ1v) is 8.55. The van der Waals surface area contributed by atoms with Crippen molar-refractivity contribution in [1.82, 2.24) is 0 Å². The molecule has 23 heavy (non-hydrogen) atoms. The van der Waals surface area contributed by atoms with Crippen LogP contribution in [0.15, 0.2) is 71.2 Å². The highest BCUT2D eigenvalue weighted by molar-refractivity contribution is 9.10. The van der Waals surface area contributed by atoms with Gasteiger partial charge in [-0.05, 0) is 47.4 Å². The van der Waals surface area contributed by atoms with E-state index in [9.17, 15) is 0 Å². The van der Waals surface area contributed by atoms with Crippen LogP contribution in [0, 0.1) is 0 Å². The number of fused-ring (bicyclic) bond motifs is 1. The molecule has 0 aromatic heterocycles. The molecule has 3 aromatic rings. The van der Waals surface area contributed by atoms with Gasteiger partial charge in [-0.25, -0.2) is 0 Å². The topological polar surface area (TPSA) is 52.0 Å². The van der Waals surface area contributed by atoms with Gasteiger partial charge >= 0.3 is 0 Å². The predicted octanol–water partition coefficient (Wildman–Crippen LogP) is 4.87. The van der Waals surface area contributed by atoms with E-state index in [4.69, 9.17) is 11.5 Å². The Morgan fingerprint density at radius 2 is 1.61 bits per heavy atom. The van der Waals surface area contributed by atoms with Crippen LogP contribution in [0.2, 0.25) is 0 Å². The highest BCUT2D eigenvalue weighted by atomic mass is 79.9. The first kappa shape index (κ1) is 16.2. The molecule has 0 heterocycles. The monoisotopic (exact) mass is 368 g/mol. The van der Waals surface area contributed by atoms with Gasteiger partial charge in [0.05, 0.1) is 0 Å². The molecule has 3 rings (SSSR count). The molecular weight excluding hydrogens is 348 g/mol. The van der Waals surface area contributed by atoms with Crippen LogP contribution in [0.25, 0.3) is 10.8 Å². The molecular formula is C20H21BrN2. The minimum absolute atomic E-state index is 0.111. The molecule has 0 spiro atoms. The Labute approximate surface area is 145 Å². The maximum Gasteiger partial charge on any atom is 0.0399 e. The van der Waals surface area contributed by atoms with E-state index in [1.54, 1.807) is 0 Å². The quantitative estimate of drug-likeness (QED) is 0.690. The molecule has 0 saturated heterocycles. The molecule has 118 valence electrons. The maximum atomic E-state index is 6.58. The number of hydrogen-bond donors (Lipinski definition) is 2. The third-order valence-corrected chi connectivity index (χ3v) is 4.90. The number of nitrogens with two attached hydrogens (primary N) is 2. The molecule has 0 aliphatic heterocycles. The van der Waals surface area contributed by atoms with Gasteiger partial charge in [0.15, 0.2) is 0 Å². The fourth-order valence-corrected chi connectivity index (χ4v) is 3.35. The summed E-state index contributed by atoms with van der Waals surface area (Å²) in [6.07, 6.45) is 0.683. The molecule has 0 unspecified atom stereocenters. The van der Waals surface area contributed by atoms with Crippen molar-refractivity contribution in [2.75, 3.05) is 0 Å². The number of rotatable bonds is 4. The third-order valence-electron chi connectivity index (χ3n) is 4.37. The van der Waals surface area contributed by atoms with E-state index in [1.165, 1.54) is 10.8 Å². The van der Waals surface area contributed by atoms with Crippen LogP contribution >= 0.6 is 15.9 Å². The van der Waals surface area contributed by atoms with Gasteiger partial charge in [0.25, 0.3) is 0 Å².